The van der Waals surface area contributed by atoms with E-state index < -0.39 is 5.92 Å². The molecule has 0 atom stereocenters. The van der Waals surface area contributed by atoms with E-state index in [1.807, 2.05) is 12.1 Å². The minimum Gasteiger partial charge on any atom is -0.382 e. The Morgan fingerprint density at radius 3 is 2.29 bits per heavy atom. The van der Waals surface area contributed by atoms with Gasteiger partial charge in [-0.2, -0.15) is 0 Å². The monoisotopic (exact) mass is 239 g/mol. The minimum atomic E-state index is -2.44. The summed E-state index contributed by atoms with van der Waals surface area (Å²) in [6.07, 6.45) is 2.16. The molecular weight excluding hydrogens is 220 g/mol. The van der Waals surface area contributed by atoms with Gasteiger partial charge >= 0.3 is 0 Å². The Kier molecular flexibility index (Phi) is 3.65. The highest BCUT2D eigenvalue weighted by molar-refractivity contribution is 5.45. The molecule has 0 unspecified atom stereocenters. The molecule has 0 aromatic heterocycles. The number of nitrogens with one attached hydrogen (secondary N) is 1. The predicted octanol–water partition coefficient (Wildman–Crippen LogP) is 4.24. The zero-order chi connectivity index (χ0) is 12.3. The van der Waals surface area contributed by atoms with E-state index in [1.54, 1.807) is 0 Å². The lowest BCUT2D eigenvalue weighted by Crippen LogP contribution is -2.31. The molecule has 0 spiro atoms. The molecule has 17 heavy (non-hydrogen) atoms. The van der Waals surface area contributed by atoms with Crippen molar-refractivity contribution in [2.75, 3.05) is 5.32 Å². The maximum atomic E-state index is 13.0. The molecule has 1 aromatic carbocycles. The molecule has 0 saturated heterocycles. The number of alkyl halides is 2. The topological polar surface area (TPSA) is 12.0 Å². The van der Waals surface area contributed by atoms with Crippen LogP contribution in [0.2, 0.25) is 0 Å². The van der Waals surface area contributed by atoms with Crippen LogP contribution in [0.4, 0.5) is 14.5 Å². The van der Waals surface area contributed by atoms with Crippen LogP contribution in [0.25, 0.3) is 0 Å². The van der Waals surface area contributed by atoms with E-state index in [0.717, 1.165) is 12.1 Å². The fourth-order valence-electron chi connectivity index (χ4n) is 2.26. The first-order chi connectivity index (χ1) is 8.09. The first kappa shape index (κ1) is 12.3. The van der Waals surface area contributed by atoms with Gasteiger partial charge in [-0.1, -0.05) is 19.1 Å². The summed E-state index contributed by atoms with van der Waals surface area (Å²) in [6.45, 7) is 2.12. The van der Waals surface area contributed by atoms with Crippen molar-refractivity contribution in [3.05, 3.63) is 29.8 Å². The Morgan fingerprint density at radius 2 is 1.76 bits per heavy atom. The summed E-state index contributed by atoms with van der Waals surface area (Å²) in [4.78, 5) is 0. The normalized spacial score (nSPS) is 20.2. The molecule has 0 aliphatic heterocycles. The molecule has 1 aliphatic rings. The summed E-state index contributed by atoms with van der Waals surface area (Å²) < 4.78 is 26.0. The summed E-state index contributed by atoms with van der Waals surface area (Å²) in [6, 6.07) is 8.43. The lowest BCUT2D eigenvalue weighted by molar-refractivity contribution is -0.0360. The molecule has 0 amide bonds. The lowest BCUT2D eigenvalue weighted by atomic mass is 9.92. The van der Waals surface area contributed by atoms with Crippen molar-refractivity contribution in [2.45, 2.75) is 51.0 Å². The number of hydrogen-bond acceptors (Lipinski definition) is 1. The zero-order valence-corrected chi connectivity index (χ0v) is 10.2. The van der Waals surface area contributed by atoms with E-state index in [-0.39, 0.29) is 18.9 Å². The molecule has 2 rings (SSSR count). The van der Waals surface area contributed by atoms with E-state index in [2.05, 4.69) is 24.4 Å². The molecule has 1 aromatic rings. The van der Waals surface area contributed by atoms with Crippen LogP contribution < -0.4 is 5.32 Å². The summed E-state index contributed by atoms with van der Waals surface area (Å²) in [5, 5.41) is 3.34. The van der Waals surface area contributed by atoms with Gasteiger partial charge in [-0.3, -0.25) is 0 Å². The summed E-state index contributed by atoms with van der Waals surface area (Å²) in [5.41, 5.74) is 2.34. The van der Waals surface area contributed by atoms with Gasteiger partial charge in [-0.05, 0) is 37.0 Å². The van der Waals surface area contributed by atoms with Crippen LogP contribution in [-0.4, -0.2) is 12.0 Å². The van der Waals surface area contributed by atoms with Gasteiger partial charge in [0, 0.05) is 24.6 Å². The van der Waals surface area contributed by atoms with Crippen LogP contribution in [0.3, 0.4) is 0 Å². The molecule has 1 N–H and O–H groups in total. The Hall–Kier alpha value is -1.12. The molecule has 1 nitrogen and oxygen atoms in total. The number of aryl methyl sites for hydroxylation is 1. The Balaban J connectivity index is 1.89. The maximum absolute atomic E-state index is 13.0. The highest BCUT2D eigenvalue weighted by Gasteiger charge is 2.34. The molecule has 3 heteroatoms. The van der Waals surface area contributed by atoms with Crippen LogP contribution in [0.5, 0.6) is 0 Å². The molecular formula is C14H19F2N. The van der Waals surface area contributed by atoms with Crippen molar-refractivity contribution in [1.29, 1.82) is 0 Å². The molecule has 1 aliphatic carbocycles. The molecule has 0 heterocycles. The second-order valence-electron chi connectivity index (χ2n) is 4.83. The smallest absolute Gasteiger partial charge is 0.248 e. The second-order valence-corrected chi connectivity index (χ2v) is 4.83. The first-order valence-corrected chi connectivity index (χ1v) is 6.32. The van der Waals surface area contributed by atoms with Gasteiger partial charge in [0.1, 0.15) is 0 Å². The minimum absolute atomic E-state index is 0.0116. The Labute approximate surface area is 101 Å². The van der Waals surface area contributed by atoms with Gasteiger partial charge in [0.2, 0.25) is 5.92 Å². The Bertz CT molecular complexity index is 349. The van der Waals surface area contributed by atoms with Gasteiger partial charge in [-0.25, -0.2) is 8.78 Å². The third-order valence-electron chi connectivity index (χ3n) is 3.45. The number of halogens is 2. The molecule has 1 fully saturated rings. The fourth-order valence-corrected chi connectivity index (χ4v) is 2.26. The third-order valence-corrected chi connectivity index (χ3v) is 3.45. The average Bonchev–Trinajstić information content (AvgIpc) is 2.33. The predicted molar refractivity (Wildman–Crippen MR) is 66.6 cm³/mol. The number of rotatable bonds is 3. The van der Waals surface area contributed by atoms with Gasteiger partial charge < -0.3 is 5.32 Å². The van der Waals surface area contributed by atoms with E-state index in [1.165, 1.54) is 5.56 Å². The molecule has 0 radical (unpaired) electrons. The number of benzene rings is 1. The van der Waals surface area contributed by atoms with Gasteiger partial charge in [0.25, 0.3) is 0 Å². The first-order valence-electron chi connectivity index (χ1n) is 6.32. The SMILES string of the molecule is CCc1ccc(NC2CCC(F)(F)CC2)cc1. The number of anilines is 1. The number of hydrogen-bond donors (Lipinski definition) is 1. The zero-order valence-electron chi connectivity index (χ0n) is 10.2. The largest absolute Gasteiger partial charge is 0.382 e. The van der Waals surface area contributed by atoms with Gasteiger partial charge in [0.15, 0.2) is 0 Å². The standard InChI is InChI=1S/C14H19F2N/c1-2-11-3-5-12(6-4-11)17-13-7-9-14(15,16)10-8-13/h3-6,13,17H,2,7-10H2,1H3. The van der Waals surface area contributed by atoms with Crippen molar-refractivity contribution >= 4 is 5.69 Å². The summed E-state index contributed by atoms with van der Waals surface area (Å²) in [5.74, 6) is -2.44. The van der Waals surface area contributed by atoms with E-state index >= 15 is 0 Å². The molecule has 94 valence electrons. The highest BCUT2D eigenvalue weighted by Crippen LogP contribution is 2.34. The fraction of sp³-hybridized carbons (Fsp3) is 0.571. The van der Waals surface area contributed by atoms with Gasteiger partial charge in [0.05, 0.1) is 0 Å². The third kappa shape index (κ3) is 3.42. The van der Waals surface area contributed by atoms with Crippen LogP contribution in [-0.2, 0) is 6.42 Å². The van der Waals surface area contributed by atoms with E-state index in [9.17, 15) is 8.78 Å². The second kappa shape index (κ2) is 5.03. The van der Waals surface area contributed by atoms with Crippen molar-refractivity contribution in [2.24, 2.45) is 0 Å². The van der Waals surface area contributed by atoms with Crippen LogP contribution >= 0.6 is 0 Å². The van der Waals surface area contributed by atoms with Crippen molar-refractivity contribution in [3.63, 3.8) is 0 Å². The van der Waals surface area contributed by atoms with Crippen molar-refractivity contribution in [1.82, 2.24) is 0 Å². The van der Waals surface area contributed by atoms with Crippen LogP contribution in [0.1, 0.15) is 38.2 Å². The summed E-state index contributed by atoms with van der Waals surface area (Å²) >= 11 is 0. The van der Waals surface area contributed by atoms with E-state index in [0.29, 0.717) is 12.8 Å². The Morgan fingerprint density at radius 1 is 1.18 bits per heavy atom. The quantitative estimate of drug-likeness (QED) is 0.832. The van der Waals surface area contributed by atoms with Gasteiger partial charge in [-0.15, -0.1) is 0 Å². The summed E-state index contributed by atoms with van der Waals surface area (Å²) in [7, 11) is 0. The average molecular weight is 239 g/mol. The van der Waals surface area contributed by atoms with Crippen LogP contribution in [0, 0.1) is 0 Å². The maximum Gasteiger partial charge on any atom is 0.248 e. The lowest BCUT2D eigenvalue weighted by Gasteiger charge is -2.29. The molecule has 1 saturated carbocycles. The van der Waals surface area contributed by atoms with Crippen molar-refractivity contribution in [3.8, 4) is 0 Å². The van der Waals surface area contributed by atoms with Crippen LogP contribution in [0.15, 0.2) is 24.3 Å². The molecule has 0 bridgehead atoms. The van der Waals surface area contributed by atoms with E-state index in [4.69, 9.17) is 0 Å². The highest BCUT2D eigenvalue weighted by atomic mass is 19.3. The van der Waals surface area contributed by atoms with Crippen molar-refractivity contribution < 1.29 is 8.78 Å².